The summed E-state index contributed by atoms with van der Waals surface area (Å²) in [5, 5.41) is 25.9. The Morgan fingerprint density at radius 2 is 2.22 bits per heavy atom. The molecule has 0 radical (unpaired) electrons. The Morgan fingerprint density at radius 3 is 2.89 bits per heavy atom. The predicted octanol–water partition coefficient (Wildman–Crippen LogP) is 2.67. The van der Waals surface area contributed by atoms with Crippen molar-refractivity contribution in [2.24, 2.45) is 16.0 Å². The summed E-state index contributed by atoms with van der Waals surface area (Å²) in [4.78, 5) is 4.23. The van der Waals surface area contributed by atoms with Gasteiger partial charge in [-0.15, -0.1) is 0 Å². The average Bonchev–Trinajstić information content (AvgIpc) is 3.16. The average molecular weight is 460 g/mol. The van der Waals surface area contributed by atoms with E-state index in [0.29, 0.717) is 24.0 Å². The number of rotatable bonds is 6. The fraction of sp³-hybridized carbons (Fsp3) is 0.400. The number of hydrogen-bond donors (Lipinski definition) is 4. The lowest BCUT2D eigenvalue weighted by atomic mass is 9.98. The smallest absolute Gasteiger partial charge is 0.202 e. The predicted molar refractivity (Wildman–Crippen MR) is 104 cm³/mol. The fourth-order valence-electron chi connectivity index (χ4n) is 2.73. The van der Waals surface area contributed by atoms with Gasteiger partial charge in [0.25, 0.3) is 0 Å². The van der Waals surface area contributed by atoms with E-state index in [2.05, 4.69) is 40.9 Å². The number of halogens is 2. The molecule has 0 aliphatic carbocycles. The lowest BCUT2D eigenvalue weighted by molar-refractivity contribution is 0.234. The first-order valence-corrected chi connectivity index (χ1v) is 9.86. The van der Waals surface area contributed by atoms with E-state index in [9.17, 15) is 9.60 Å². The van der Waals surface area contributed by atoms with E-state index < -0.39 is 5.82 Å². The van der Waals surface area contributed by atoms with Gasteiger partial charge in [-0.3, -0.25) is 15.8 Å². The van der Waals surface area contributed by atoms with Crippen molar-refractivity contribution >= 4 is 45.4 Å². The van der Waals surface area contributed by atoms with Crippen LogP contribution in [-0.2, 0) is 0 Å². The minimum Gasteiger partial charge on any atom is -0.365 e. The highest BCUT2D eigenvalue weighted by atomic mass is 79.9. The van der Waals surface area contributed by atoms with Crippen LogP contribution in [0.4, 0.5) is 15.9 Å². The molecular formula is C15H19BrFN7O2S. The monoisotopic (exact) mass is 459 g/mol. The number of nitrogens with zero attached hydrogens (tertiary/aromatic N) is 4. The first-order chi connectivity index (χ1) is 13.1. The second kappa shape index (κ2) is 9.46. The molecule has 1 aliphatic heterocycles. The Morgan fingerprint density at radius 1 is 1.44 bits per heavy atom. The van der Waals surface area contributed by atoms with Crippen LogP contribution in [0.15, 0.2) is 32.3 Å². The number of hydroxylamine groups is 1. The standard InChI is InChI=1S/C15H19BrFN7O2S/c16-11-7-10(1-2-12(11)17)20-15(21-25)13-14(23-26-22-13)19-8-9-3-5-24(27-18)6-4-9/h1-2,7,9,25H,3-6,8,18H2,(H,19,23)(H,20,21). The normalized spacial score (nSPS) is 16.5. The highest BCUT2D eigenvalue weighted by Crippen LogP contribution is 2.24. The van der Waals surface area contributed by atoms with Gasteiger partial charge >= 0.3 is 0 Å². The van der Waals surface area contributed by atoms with Crippen molar-refractivity contribution in [2.75, 3.05) is 25.0 Å². The molecule has 0 amide bonds. The van der Waals surface area contributed by atoms with E-state index in [1.807, 2.05) is 5.48 Å². The van der Waals surface area contributed by atoms with Gasteiger partial charge in [-0.05, 0) is 63.2 Å². The summed E-state index contributed by atoms with van der Waals surface area (Å²) in [5.74, 6) is 0.462. The van der Waals surface area contributed by atoms with E-state index >= 15 is 0 Å². The fourth-order valence-corrected chi connectivity index (χ4v) is 3.52. The van der Waals surface area contributed by atoms with Crippen LogP contribution in [0.3, 0.4) is 0 Å². The Labute approximate surface area is 167 Å². The van der Waals surface area contributed by atoms with Gasteiger partial charge in [0.2, 0.25) is 5.82 Å². The number of amidine groups is 1. The highest BCUT2D eigenvalue weighted by molar-refractivity contribution is 9.10. The molecule has 9 nitrogen and oxygen atoms in total. The second-order valence-electron chi connectivity index (χ2n) is 5.99. The third-order valence-electron chi connectivity index (χ3n) is 4.24. The molecular weight excluding hydrogens is 441 g/mol. The van der Waals surface area contributed by atoms with Crippen molar-refractivity contribution in [3.63, 3.8) is 0 Å². The number of hydrogen-bond acceptors (Lipinski definition) is 9. The molecule has 2 heterocycles. The Bertz CT molecular complexity index is 798. The summed E-state index contributed by atoms with van der Waals surface area (Å²) in [5.41, 5.74) is 2.64. The first-order valence-electron chi connectivity index (χ1n) is 8.23. The van der Waals surface area contributed by atoms with Gasteiger partial charge in [0.15, 0.2) is 11.5 Å². The molecule has 1 aromatic carbocycles. The number of piperidine rings is 1. The molecule has 0 bridgehead atoms. The molecule has 146 valence electrons. The van der Waals surface area contributed by atoms with Crippen LogP contribution in [0.1, 0.15) is 18.5 Å². The third kappa shape index (κ3) is 5.17. The summed E-state index contributed by atoms with van der Waals surface area (Å²) >= 11 is 4.37. The molecule has 1 saturated heterocycles. The van der Waals surface area contributed by atoms with Crippen LogP contribution in [0.5, 0.6) is 0 Å². The maximum atomic E-state index is 13.4. The quantitative estimate of drug-likeness (QED) is 0.223. The largest absolute Gasteiger partial charge is 0.365 e. The second-order valence-corrected chi connectivity index (χ2v) is 7.57. The number of anilines is 1. The zero-order valence-electron chi connectivity index (χ0n) is 14.2. The Hall–Kier alpha value is -1.73. The minimum absolute atomic E-state index is 0.0339. The van der Waals surface area contributed by atoms with Crippen LogP contribution >= 0.6 is 28.1 Å². The van der Waals surface area contributed by atoms with Gasteiger partial charge in [0, 0.05) is 31.8 Å². The van der Waals surface area contributed by atoms with Gasteiger partial charge in [-0.2, -0.15) is 0 Å². The molecule has 5 N–H and O–H groups in total. The topological polar surface area (TPSA) is 125 Å². The van der Waals surface area contributed by atoms with Gasteiger partial charge in [0.05, 0.1) is 10.2 Å². The molecule has 1 fully saturated rings. The van der Waals surface area contributed by atoms with Crippen LogP contribution in [0.25, 0.3) is 0 Å². The van der Waals surface area contributed by atoms with Crippen molar-refractivity contribution in [3.05, 3.63) is 34.2 Å². The summed E-state index contributed by atoms with van der Waals surface area (Å²) in [6, 6.07) is 4.22. The Balaban J connectivity index is 1.69. The van der Waals surface area contributed by atoms with Gasteiger partial charge < -0.3 is 5.32 Å². The number of benzene rings is 1. The van der Waals surface area contributed by atoms with Crippen LogP contribution in [0.2, 0.25) is 0 Å². The summed E-state index contributed by atoms with van der Waals surface area (Å²) in [6.45, 7) is 2.55. The maximum absolute atomic E-state index is 13.4. The molecule has 0 saturated carbocycles. The van der Waals surface area contributed by atoms with Crippen LogP contribution in [-0.4, -0.2) is 45.3 Å². The summed E-state index contributed by atoms with van der Waals surface area (Å²) in [7, 11) is 0. The molecule has 3 rings (SSSR count). The SMILES string of the molecule is NSN1CCC(CNc2nonc2C(=Nc2ccc(F)c(Br)c2)NO)CC1. The van der Waals surface area contributed by atoms with Gasteiger partial charge in [-0.25, -0.2) is 18.3 Å². The van der Waals surface area contributed by atoms with E-state index in [4.69, 9.17) is 9.77 Å². The number of nitrogens with two attached hydrogens (primary N) is 1. The van der Waals surface area contributed by atoms with Crippen molar-refractivity contribution in [2.45, 2.75) is 12.8 Å². The van der Waals surface area contributed by atoms with E-state index in [1.54, 1.807) is 0 Å². The van der Waals surface area contributed by atoms with Crippen molar-refractivity contribution in [3.8, 4) is 0 Å². The molecule has 12 heteroatoms. The summed E-state index contributed by atoms with van der Waals surface area (Å²) < 4.78 is 20.5. The lowest BCUT2D eigenvalue weighted by Crippen LogP contribution is -2.32. The van der Waals surface area contributed by atoms with E-state index in [-0.39, 0.29) is 16.0 Å². The molecule has 0 atom stereocenters. The molecule has 0 spiro atoms. The zero-order chi connectivity index (χ0) is 19.2. The van der Waals surface area contributed by atoms with Crippen molar-refractivity contribution < 1.29 is 14.2 Å². The third-order valence-corrected chi connectivity index (χ3v) is 5.51. The van der Waals surface area contributed by atoms with Crippen molar-refractivity contribution in [1.29, 1.82) is 0 Å². The Kier molecular flexibility index (Phi) is 7.01. The summed E-state index contributed by atoms with van der Waals surface area (Å²) in [6.07, 6.45) is 2.03. The maximum Gasteiger partial charge on any atom is 0.202 e. The lowest BCUT2D eigenvalue weighted by Gasteiger charge is -2.29. The molecule has 1 aliphatic rings. The van der Waals surface area contributed by atoms with Crippen LogP contribution < -0.4 is 15.9 Å². The molecule has 0 unspecified atom stereocenters. The van der Waals surface area contributed by atoms with Gasteiger partial charge in [-0.1, -0.05) is 0 Å². The number of nitrogens with one attached hydrogen (secondary N) is 2. The van der Waals surface area contributed by atoms with E-state index in [0.717, 1.165) is 25.9 Å². The zero-order valence-corrected chi connectivity index (χ0v) is 16.6. The molecule has 1 aromatic heterocycles. The van der Waals surface area contributed by atoms with E-state index in [1.165, 1.54) is 30.3 Å². The van der Waals surface area contributed by atoms with Crippen molar-refractivity contribution in [1.82, 2.24) is 20.1 Å². The minimum atomic E-state index is -0.406. The highest BCUT2D eigenvalue weighted by Gasteiger charge is 2.21. The number of aromatic nitrogens is 2. The van der Waals surface area contributed by atoms with Crippen LogP contribution in [0, 0.1) is 11.7 Å². The number of aliphatic imine (C=N–C) groups is 1. The molecule has 27 heavy (non-hydrogen) atoms. The van der Waals surface area contributed by atoms with Gasteiger partial charge in [0.1, 0.15) is 5.82 Å². The first kappa shape index (κ1) is 20.0. The molecule has 2 aromatic rings.